The average molecular weight is 239 g/mol. The molecule has 0 saturated carbocycles. The Morgan fingerprint density at radius 1 is 1.59 bits per heavy atom. The maximum Gasteiger partial charge on any atom is 0.257 e. The molecule has 1 aromatic heterocycles. The highest BCUT2D eigenvalue weighted by Crippen LogP contribution is 2.15. The minimum Gasteiger partial charge on any atom is -0.472 e. The Hall–Kier alpha value is -1.33. The fourth-order valence-electron chi connectivity index (χ4n) is 2.06. The summed E-state index contributed by atoms with van der Waals surface area (Å²) in [6, 6.07) is 1.67. The van der Waals surface area contributed by atoms with E-state index in [0.717, 1.165) is 0 Å². The third kappa shape index (κ3) is 2.87. The van der Waals surface area contributed by atoms with E-state index in [-0.39, 0.29) is 18.1 Å². The third-order valence-electron chi connectivity index (χ3n) is 2.73. The molecule has 5 nitrogen and oxygen atoms in total. The maximum atomic E-state index is 12.1. The molecule has 0 aromatic carbocycles. The van der Waals surface area contributed by atoms with Crippen LogP contribution in [0.15, 0.2) is 23.0 Å². The Kier molecular flexibility index (Phi) is 3.81. The number of ether oxygens (including phenoxy) is 2. The van der Waals surface area contributed by atoms with Gasteiger partial charge in [-0.1, -0.05) is 0 Å². The molecule has 0 unspecified atom stereocenters. The summed E-state index contributed by atoms with van der Waals surface area (Å²) in [7, 11) is 1.63. The van der Waals surface area contributed by atoms with Crippen LogP contribution in [0.4, 0.5) is 0 Å². The van der Waals surface area contributed by atoms with Crippen LogP contribution in [0.3, 0.4) is 0 Å². The summed E-state index contributed by atoms with van der Waals surface area (Å²) in [6.07, 6.45) is 2.94. The summed E-state index contributed by atoms with van der Waals surface area (Å²) >= 11 is 0. The number of hydrogen-bond donors (Lipinski definition) is 0. The van der Waals surface area contributed by atoms with E-state index in [4.69, 9.17) is 13.9 Å². The van der Waals surface area contributed by atoms with Crippen LogP contribution in [0, 0.1) is 0 Å². The SMILES string of the molecule is COC[C@H]1CN(C(=O)c2ccoc2)C[C@@H](C)O1. The summed E-state index contributed by atoms with van der Waals surface area (Å²) in [6.45, 7) is 3.61. The van der Waals surface area contributed by atoms with Gasteiger partial charge in [0.05, 0.1) is 30.6 Å². The fourth-order valence-corrected chi connectivity index (χ4v) is 2.06. The van der Waals surface area contributed by atoms with Gasteiger partial charge in [-0.05, 0) is 13.0 Å². The van der Waals surface area contributed by atoms with Crippen molar-refractivity contribution < 1.29 is 18.7 Å². The summed E-state index contributed by atoms with van der Waals surface area (Å²) in [4.78, 5) is 13.9. The fraction of sp³-hybridized carbons (Fsp3) is 0.583. The Morgan fingerprint density at radius 2 is 2.41 bits per heavy atom. The number of methoxy groups -OCH3 is 1. The van der Waals surface area contributed by atoms with Gasteiger partial charge in [-0.3, -0.25) is 4.79 Å². The topological polar surface area (TPSA) is 51.9 Å². The number of furan rings is 1. The summed E-state index contributed by atoms with van der Waals surface area (Å²) in [5, 5.41) is 0. The van der Waals surface area contributed by atoms with Crippen molar-refractivity contribution in [1.29, 1.82) is 0 Å². The molecule has 0 radical (unpaired) electrons. The monoisotopic (exact) mass is 239 g/mol. The molecule has 2 rings (SSSR count). The van der Waals surface area contributed by atoms with E-state index in [1.807, 2.05) is 6.92 Å². The molecule has 0 aliphatic carbocycles. The number of hydrogen-bond acceptors (Lipinski definition) is 4. The zero-order chi connectivity index (χ0) is 12.3. The quantitative estimate of drug-likeness (QED) is 0.794. The van der Waals surface area contributed by atoms with Crippen LogP contribution in [-0.4, -0.2) is 49.8 Å². The van der Waals surface area contributed by atoms with Crippen LogP contribution in [0.2, 0.25) is 0 Å². The van der Waals surface area contributed by atoms with E-state index in [1.54, 1.807) is 18.1 Å². The van der Waals surface area contributed by atoms with Gasteiger partial charge in [0.1, 0.15) is 6.26 Å². The van der Waals surface area contributed by atoms with E-state index < -0.39 is 0 Å². The van der Waals surface area contributed by atoms with Crippen molar-refractivity contribution in [1.82, 2.24) is 4.90 Å². The van der Waals surface area contributed by atoms with Gasteiger partial charge in [0, 0.05) is 20.2 Å². The molecule has 1 saturated heterocycles. The largest absolute Gasteiger partial charge is 0.472 e. The highest BCUT2D eigenvalue weighted by molar-refractivity contribution is 5.93. The van der Waals surface area contributed by atoms with Crippen molar-refractivity contribution in [3.8, 4) is 0 Å². The molecule has 1 fully saturated rings. The van der Waals surface area contributed by atoms with Crippen LogP contribution < -0.4 is 0 Å². The van der Waals surface area contributed by atoms with Gasteiger partial charge < -0.3 is 18.8 Å². The van der Waals surface area contributed by atoms with Crippen LogP contribution in [0.1, 0.15) is 17.3 Å². The van der Waals surface area contributed by atoms with Gasteiger partial charge in [-0.15, -0.1) is 0 Å². The molecule has 1 aliphatic heterocycles. The van der Waals surface area contributed by atoms with Gasteiger partial charge in [0.2, 0.25) is 0 Å². The average Bonchev–Trinajstić information content (AvgIpc) is 2.81. The lowest BCUT2D eigenvalue weighted by molar-refractivity contribution is -0.0918. The minimum atomic E-state index is -0.0559. The number of morpholine rings is 1. The minimum absolute atomic E-state index is 0.0185. The number of carbonyl (C=O) groups excluding carboxylic acids is 1. The van der Waals surface area contributed by atoms with Crippen molar-refractivity contribution >= 4 is 5.91 Å². The molecule has 94 valence electrons. The van der Waals surface area contributed by atoms with Crippen molar-refractivity contribution in [2.45, 2.75) is 19.1 Å². The molecule has 0 N–H and O–H groups in total. The lowest BCUT2D eigenvalue weighted by atomic mass is 10.2. The normalized spacial score (nSPS) is 24.9. The lowest BCUT2D eigenvalue weighted by Crippen LogP contribution is -2.50. The van der Waals surface area contributed by atoms with Gasteiger partial charge >= 0.3 is 0 Å². The Morgan fingerprint density at radius 3 is 3.06 bits per heavy atom. The second kappa shape index (κ2) is 5.33. The van der Waals surface area contributed by atoms with Gasteiger partial charge in [-0.2, -0.15) is 0 Å². The van der Waals surface area contributed by atoms with Crippen LogP contribution in [0.5, 0.6) is 0 Å². The predicted molar refractivity (Wildman–Crippen MR) is 60.8 cm³/mol. The lowest BCUT2D eigenvalue weighted by Gasteiger charge is -2.36. The molecule has 0 spiro atoms. The highest BCUT2D eigenvalue weighted by Gasteiger charge is 2.29. The molecule has 2 heterocycles. The molecule has 1 amide bonds. The van der Waals surface area contributed by atoms with Gasteiger partial charge in [-0.25, -0.2) is 0 Å². The summed E-state index contributed by atoms with van der Waals surface area (Å²) < 4.78 is 15.7. The van der Waals surface area contributed by atoms with E-state index >= 15 is 0 Å². The van der Waals surface area contributed by atoms with Crippen molar-refractivity contribution in [3.05, 3.63) is 24.2 Å². The van der Waals surface area contributed by atoms with E-state index in [2.05, 4.69) is 0 Å². The first-order valence-corrected chi connectivity index (χ1v) is 5.66. The Balaban J connectivity index is 2.02. The second-order valence-corrected chi connectivity index (χ2v) is 4.25. The Bertz CT molecular complexity index is 363. The molecule has 1 aliphatic rings. The van der Waals surface area contributed by atoms with E-state index in [1.165, 1.54) is 12.5 Å². The number of amides is 1. The highest BCUT2D eigenvalue weighted by atomic mass is 16.5. The molecular weight excluding hydrogens is 222 g/mol. The van der Waals surface area contributed by atoms with E-state index in [9.17, 15) is 4.79 Å². The predicted octanol–water partition coefficient (Wildman–Crippen LogP) is 1.16. The third-order valence-corrected chi connectivity index (χ3v) is 2.73. The molecule has 5 heteroatoms. The molecule has 2 atom stereocenters. The number of nitrogens with zero attached hydrogens (tertiary/aromatic N) is 1. The van der Waals surface area contributed by atoms with Crippen LogP contribution >= 0.6 is 0 Å². The van der Waals surface area contributed by atoms with Crippen LogP contribution in [-0.2, 0) is 9.47 Å². The molecule has 17 heavy (non-hydrogen) atoms. The molecular formula is C12H17NO4. The van der Waals surface area contributed by atoms with Gasteiger partial charge in [0.15, 0.2) is 0 Å². The standard InChI is InChI=1S/C12H17NO4/c1-9-5-13(6-11(17-9)8-15-2)12(14)10-3-4-16-7-10/h3-4,7,9,11H,5-6,8H2,1-2H3/t9-,11-/m1/s1. The van der Waals surface area contributed by atoms with E-state index in [0.29, 0.717) is 25.3 Å². The molecule has 0 bridgehead atoms. The number of carbonyl (C=O) groups is 1. The van der Waals surface area contributed by atoms with Crippen molar-refractivity contribution in [3.63, 3.8) is 0 Å². The maximum absolute atomic E-state index is 12.1. The second-order valence-electron chi connectivity index (χ2n) is 4.25. The summed E-state index contributed by atoms with van der Waals surface area (Å²) in [5.74, 6) is -0.0185. The number of rotatable bonds is 3. The first kappa shape index (κ1) is 12.1. The zero-order valence-electron chi connectivity index (χ0n) is 10.1. The first-order chi connectivity index (χ1) is 8.20. The van der Waals surface area contributed by atoms with Gasteiger partial charge in [0.25, 0.3) is 5.91 Å². The Labute approximate surface area is 100 Å². The van der Waals surface area contributed by atoms with Crippen molar-refractivity contribution in [2.75, 3.05) is 26.8 Å². The van der Waals surface area contributed by atoms with Crippen molar-refractivity contribution in [2.24, 2.45) is 0 Å². The first-order valence-electron chi connectivity index (χ1n) is 5.66. The molecule has 1 aromatic rings. The summed E-state index contributed by atoms with van der Waals surface area (Å²) in [5.41, 5.74) is 0.579. The zero-order valence-corrected chi connectivity index (χ0v) is 10.1. The smallest absolute Gasteiger partial charge is 0.257 e. The van der Waals surface area contributed by atoms with Crippen LogP contribution in [0.25, 0.3) is 0 Å².